The summed E-state index contributed by atoms with van der Waals surface area (Å²) in [4.78, 5) is 36.2. The van der Waals surface area contributed by atoms with E-state index in [9.17, 15) is 14.4 Å². The third-order valence-electron chi connectivity index (χ3n) is 2.91. The summed E-state index contributed by atoms with van der Waals surface area (Å²) in [5, 5.41) is 2.89. The number of urea groups is 1. The molecule has 1 heterocycles. The van der Waals surface area contributed by atoms with Gasteiger partial charge in [0.2, 0.25) is 0 Å². The van der Waals surface area contributed by atoms with Gasteiger partial charge < -0.3 is 27.4 Å². The predicted octanol–water partition coefficient (Wildman–Crippen LogP) is -3.24. The lowest BCUT2D eigenvalue weighted by molar-refractivity contribution is -0.141. The third kappa shape index (κ3) is 2.14. The molecule has 2 amide bonds. The van der Waals surface area contributed by atoms with Crippen LogP contribution in [0.2, 0.25) is 0 Å². The highest BCUT2D eigenvalue weighted by Gasteiger charge is 2.51. The summed E-state index contributed by atoms with van der Waals surface area (Å²) in [5.41, 5.74) is 14.1. The lowest BCUT2D eigenvalue weighted by Gasteiger charge is -2.43. The molecule has 0 spiro atoms. The molecule has 1 aliphatic heterocycles. The van der Waals surface area contributed by atoms with Gasteiger partial charge in [-0.3, -0.25) is 9.59 Å². The number of carbonyl (C=O) groups is 3. The van der Waals surface area contributed by atoms with Gasteiger partial charge in [-0.05, 0) is 0 Å². The number of hydrogen-bond acceptors (Lipinski definition) is 6. The number of hydrogen-bond donors (Lipinski definition) is 4. The van der Waals surface area contributed by atoms with Crippen LogP contribution in [0.5, 0.6) is 0 Å². The third-order valence-corrected chi connectivity index (χ3v) is 2.91. The van der Waals surface area contributed by atoms with Crippen molar-refractivity contribution in [2.24, 2.45) is 17.2 Å². The van der Waals surface area contributed by atoms with Crippen LogP contribution in [-0.2, 0) is 9.59 Å². The molecule has 1 saturated heterocycles. The quantitative estimate of drug-likeness (QED) is 0.382. The number of piperazine rings is 1. The van der Waals surface area contributed by atoms with E-state index in [1.54, 1.807) is 0 Å². The van der Waals surface area contributed by atoms with Crippen molar-refractivity contribution in [3.8, 4) is 0 Å². The van der Waals surface area contributed by atoms with E-state index in [2.05, 4.69) is 5.32 Å². The predicted molar refractivity (Wildman–Crippen MR) is 60.0 cm³/mol. The zero-order valence-corrected chi connectivity index (χ0v) is 9.44. The van der Waals surface area contributed by atoms with Crippen molar-refractivity contribution in [1.29, 1.82) is 0 Å². The average molecular weight is 243 g/mol. The standard InChI is InChI=1S/C9H17N5O3/c10-3-6(15)9(7(16)4-11)5-13-1-2-14(9)8(12)17/h13H,1-5,10-11H2,(H2,12,17). The van der Waals surface area contributed by atoms with Crippen molar-refractivity contribution in [1.82, 2.24) is 10.2 Å². The minimum absolute atomic E-state index is 0.00199. The Bertz CT molecular complexity index is 328. The van der Waals surface area contributed by atoms with Crippen LogP contribution in [0.3, 0.4) is 0 Å². The molecule has 8 heteroatoms. The fourth-order valence-corrected chi connectivity index (χ4v) is 2.04. The van der Waals surface area contributed by atoms with E-state index in [0.29, 0.717) is 6.54 Å². The summed E-state index contributed by atoms with van der Waals surface area (Å²) in [6.07, 6.45) is 0. The highest BCUT2D eigenvalue weighted by Crippen LogP contribution is 2.20. The zero-order valence-electron chi connectivity index (χ0n) is 9.44. The van der Waals surface area contributed by atoms with E-state index in [4.69, 9.17) is 17.2 Å². The first-order chi connectivity index (χ1) is 8.00. The molecule has 96 valence electrons. The van der Waals surface area contributed by atoms with Crippen LogP contribution in [0.1, 0.15) is 0 Å². The van der Waals surface area contributed by atoms with Crippen LogP contribution >= 0.6 is 0 Å². The van der Waals surface area contributed by atoms with Crippen molar-refractivity contribution >= 4 is 17.6 Å². The highest BCUT2D eigenvalue weighted by atomic mass is 16.2. The summed E-state index contributed by atoms with van der Waals surface area (Å²) in [6, 6.07) is -0.824. The molecule has 17 heavy (non-hydrogen) atoms. The number of rotatable bonds is 4. The Morgan fingerprint density at radius 3 is 2.12 bits per heavy atom. The fraction of sp³-hybridized carbons (Fsp3) is 0.667. The number of primary amides is 1. The van der Waals surface area contributed by atoms with Gasteiger partial charge in [-0.1, -0.05) is 0 Å². The molecule has 1 fully saturated rings. The normalized spacial score (nSPS) is 18.8. The Kier molecular flexibility index (Phi) is 4.16. The minimum atomic E-state index is -1.65. The smallest absolute Gasteiger partial charge is 0.316 e. The maximum Gasteiger partial charge on any atom is 0.316 e. The second-order valence-corrected chi connectivity index (χ2v) is 3.78. The lowest BCUT2D eigenvalue weighted by Crippen LogP contribution is -2.73. The Balaban J connectivity index is 3.21. The van der Waals surface area contributed by atoms with Gasteiger partial charge in [-0.25, -0.2) is 4.79 Å². The van der Waals surface area contributed by atoms with E-state index in [0.717, 1.165) is 4.90 Å². The van der Waals surface area contributed by atoms with Crippen LogP contribution in [0.15, 0.2) is 0 Å². The van der Waals surface area contributed by atoms with Gasteiger partial charge in [0.25, 0.3) is 0 Å². The van der Waals surface area contributed by atoms with Crippen LogP contribution in [0.25, 0.3) is 0 Å². The Morgan fingerprint density at radius 1 is 1.18 bits per heavy atom. The molecule has 0 unspecified atom stereocenters. The van der Waals surface area contributed by atoms with E-state index < -0.39 is 23.1 Å². The molecule has 0 bridgehead atoms. The van der Waals surface area contributed by atoms with Crippen molar-refractivity contribution in [3.05, 3.63) is 0 Å². The van der Waals surface area contributed by atoms with Crippen molar-refractivity contribution in [3.63, 3.8) is 0 Å². The molecule has 0 aromatic heterocycles. The van der Waals surface area contributed by atoms with Crippen LogP contribution < -0.4 is 22.5 Å². The van der Waals surface area contributed by atoms with E-state index in [1.165, 1.54) is 0 Å². The molecule has 0 atom stereocenters. The molecule has 0 radical (unpaired) electrons. The van der Waals surface area contributed by atoms with Crippen LogP contribution in [0, 0.1) is 0 Å². The van der Waals surface area contributed by atoms with Crippen LogP contribution in [0.4, 0.5) is 4.79 Å². The van der Waals surface area contributed by atoms with E-state index in [-0.39, 0.29) is 26.2 Å². The fourth-order valence-electron chi connectivity index (χ4n) is 2.04. The molecular formula is C9H17N5O3. The minimum Gasteiger partial charge on any atom is -0.351 e. The number of nitrogens with two attached hydrogens (primary N) is 3. The molecule has 1 aliphatic rings. The topological polar surface area (TPSA) is 145 Å². The zero-order chi connectivity index (χ0) is 13.1. The lowest BCUT2D eigenvalue weighted by atomic mass is 9.85. The number of nitrogens with zero attached hydrogens (tertiary/aromatic N) is 1. The summed E-state index contributed by atoms with van der Waals surface area (Å²) in [7, 11) is 0. The molecule has 1 rings (SSSR count). The molecule has 0 aliphatic carbocycles. The summed E-state index contributed by atoms with van der Waals surface area (Å²) in [6.45, 7) is -0.0659. The number of nitrogens with one attached hydrogen (secondary N) is 1. The van der Waals surface area contributed by atoms with E-state index in [1.807, 2.05) is 0 Å². The molecular weight excluding hydrogens is 226 g/mol. The van der Waals surface area contributed by atoms with Gasteiger partial charge in [0, 0.05) is 19.6 Å². The monoisotopic (exact) mass is 243 g/mol. The summed E-state index contributed by atoms with van der Waals surface area (Å²) in [5.74, 6) is -1.11. The SMILES string of the molecule is NCC(=O)C1(C(=O)CN)CNCCN1C(N)=O. The number of Topliss-reactive ketones (excluding diaryl/α,β-unsaturated/α-hetero) is 2. The van der Waals surface area contributed by atoms with Crippen molar-refractivity contribution < 1.29 is 14.4 Å². The first-order valence-corrected chi connectivity index (χ1v) is 5.25. The number of ketones is 2. The van der Waals surface area contributed by atoms with Gasteiger partial charge in [-0.15, -0.1) is 0 Å². The maximum absolute atomic E-state index is 11.9. The molecule has 0 aromatic rings. The highest BCUT2D eigenvalue weighted by molar-refractivity contribution is 6.15. The molecule has 7 N–H and O–H groups in total. The molecule has 0 aromatic carbocycles. The van der Waals surface area contributed by atoms with Crippen molar-refractivity contribution in [2.45, 2.75) is 5.54 Å². The van der Waals surface area contributed by atoms with Gasteiger partial charge in [0.1, 0.15) is 0 Å². The molecule has 8 nitrogen and oxygen atoms in total. The number of carbonyl (C=O) groups excluding carboxylic acids is 3. The van der Waals surface area contributed by atoms with Gasteiger partial charge in [0.05, 0.1) is 13.1 Å². The van der Waals surface area contributed by atoms with Crippen molar-refractivity contribution in [2.75, 3.05) is 32.7 Å². The first-order valence-electron chi connectivity index (χ1n) is 5.25. The largest absolute Gasteiger partial charge is 0.351 e. The summed E-state index contributed by atoms with van der Waals surface area (Å²) < 4.78 is 0. The Hall–Kier alpha value is -1.51. The van der Waals surface area contributed by atoms with Gasteiger partial charge in [0.15, 0.2) is 17.1 Å². The second kappa shape index (κ2) is 5.21. The van der Waals surface area contributed by atoms with Gasteiger partial charge in [-0.2, -0.15) is 0 Å². The molecule has 0 saturated carbocycles. The Labute approximate surface area is 98.5 Å². The maximum atomic E-state index is 11.9. The summed E-state index contributed by atoms with van der Waals surface area (Å²) >= 11 is 0. The van der Waals surface area contributed by atoms with Gasteiger partial charge >= 0.3 is 6.03 Å². The average Bonchev–Trinajstić information content (AvgIpc) is 2.36. The van der Waals surface area contributed by atoms with E-state index >= 15 is 0 Å². The first kappa shape index (κ1) is 13.6. The second-order valence-electron chi connectivity index (χ2n) is 3.78. The van der Waals surface area contributed by atoms with Crippen LogP contribution in [-0.4, -0.2) is 60.8 Å². The Morgan fingerprint density at radius 2 is 1.71 bits per heavy atom. The number of amides is 2.